The van der Waals surface area contributed by atoms with Gasteiger partial charge in [-0.2, -0.15) is 0 Å². The summed E-state index contributed by atoms with van der Waals surface area (Å²) in [6.07, 6.45) is 11.8. The predicted molar refractivity (Wildman–Crippen MR) is 144 cm³/mol. The minimum Gasteiger partial charge on any atom is -0.358 e. The highest BCUT2D eigenvalue weighted by molar-refractivity contribution is 7.98. The smallest absolute Gasteiger partial charge is 0.347 e. The number of carbonyl (C=O) groups is 1. The van der Waals surface area contributed by atoms with Gasteiger partial charge in [-0.25, -0.2) is 19.7 Å². The number of amides is 1. The summed E-state index contributed by atoms with van der Waals surface area (Å²) in [5.74, 6) is 0.998. The van der Waals surface area contributed by atoms with Crippen molar-refractivity contribution < 1.29 is 4.79 Å². The zero-order chi connectivity index (χ0) is 25.5. The lowest BCUT2D eigenvalue weighted by atomic mass is 9.84. The van der Waals surface area contributed by atoms with E-state index in [4.69, 9.17) is 11.6 Å². The molecule has 1 aliphatic carbocycles. The second-order valence-electron chi connectivity index (χ2n) is 9.14. The molecule has 36 heavy (non-hydrogen) atoms. The standard InChI is InChI=1S/C26H31ClN6O2S/c1-33-16-19(15-29-26(33)35)21-13-23(32-25(31-21)36-2)30-22(12-17-6-4-3-5-7-17)24(34)28-14-18-8-10-20(27)11-9-18/h8-11,13,15-17,22H,3-7,12,14H2,1-2H3,(H,28,34)(H,30,31,32)/t22-/m1/s1. The van der Waals surface area contributed by atoms with Gasteiger partial charge < -0.3 is 15.2 Å². The third kappa shape index (κ3) is 7.07. The van der Waals surface area contributed by atoms with E-state index < -0.39 is 6.04 Å². The minimum absolute atomic E-state index is 0.0647. The number of hydrogen-bond donors (Lipinski definition) is 2. The van der Waals surface area contributed by atoms with E-state index >= 15 is 0 Å². The number of halogens is 1. The van der Waals surface area contributed by atoms with Crippen LogP contribution in [0.25, 0.3) is 11.3 Å². The molecule has 1 aliphatic rings. The molecule has 0 radical (unpaired) electrons. The van der Waals surface area contributed by atoms with E-state index in [-0.39, 0.29) is 11.6 Å². The number of nitrogens with one attached hydrogen (secondary N) is 2. The molecular formula is C26H31ClN6O2S. The van der Waals surface area contributed by atoms with Crippen molar-refractivity contribution in [1.29, 1.82) is 0 Å². The number of rotatable bonds is 9. The molecule has 1 aromatic carbocycles. The third-order valence-corrected chi connectivity index (χ3v) is 7.24. The van der Waals surface area contributed by atoms with Gasteiger partial charge in [0.05, 0.1) is 5.69 Å². The van der Waals surface area contributed by atoms with E-state index in [1.54, 1.807) is 13.2 Å². The Morgan fingerprint density at radius 3 is 2.64 bits per heavy atom. The molecule has 1 fully saturated rings. The molecule has 3 aromatic rings. The molecule has 0 saturated heterocycles. The van der Waals surface area contributed by atoms with Crippen LogP contribution >= 0.6 is 23.4 Å². The lowest BCUT2D eigenvalue weighted by molar-refractivity contribution is -0.122. The van der Waals surface area contributed by atoms with E-state index in [9.17, 15) is 9.59 Å². The highest BCUT2D eigenvalue weighted by Crippen LogP contribution is 2.29. The maximum absolute atomic E-state index is 13.4. The van der Waals surface area contributed by atoms with Crippen molar-refractivity contribution in [3.8, 4) is 11.3 Å². The van der Waals surface area contributed by atoms with Gasteiger partial charge in [0.15, 0.2) is 5.16 Å². The Balaban J connectivity index is 1.56. The number of thioether (sulfide) groups is 1. The molecule has 0 aliphatic heterocycles. The Bertz CT molecular complexity index is 1240. The molecule has 2 aromatic heterocycles. The van der Waals surface area contributed by atoms with Gasteiger partial charge >= 0.3 is 5.69 Å². The monoisotopic (exact) mass is 526 g/mol. The van der Waals surface area contributed by atoms with Crippen molar-refractivity contribution in [2.24, 2.45) is 13.0 Å². The van der Waals surface area contributed by atoms with E-state index in [1.807, 2.05) is 36.6 Å². The molecule has 2 N–H and O–H groups in total. The molecule has 1 saturated carbocycles. The van der Waals surface area contributed by atoms with Crippen LogP contribution in [0.15, 0.2) is 52.7 Å². The predicted octanol–water partition coefficient (Wildman–Crippen LogP) is 4.68. The van der Waals surface area contributed by atoms with Gasteiger partial charge in [-0.3, -0.25) is 4.79 Å². The molecule has 190 valence electrons. The molecule has 1 amide bonds. The van der Waals surface area contributed by atoms with Crippen LogP contribution in [0.2, 0.25) is 5.02 Å². The Morgan fingerprint density at radius 1 is 1.19 bits per heavy atom. The maximum Gasteiger partial charge on any atom is 0.347 e. The fraction of sp³-hybridized carbons (Fsp3) is 0.423. The number of nitrogens with zero attached hydrogens (tertiary/aromatic N) is 4. The van der Waals surface area contributed by atoms with Crippen LogP contribution < -0.4 is 16.3 Å². The molecule has 10 heteroatoms. The summed E-state index contributed by atoms with van der Waals surface area (Å²) in [6.45, 7) is 0.424. The van der Waals surface area contributed by atoms with Gasteiger partial charge in [0.2, 0.25) is 5.91 Å². The lowest BCUT2D eigenvalue weighted by Crippen LogP contribution is -2.41. The summed E-state index contributed by atoms with van der Waals surface area (Å²) >= 11 is 7.41. The average Bonchev–Trinajstić information content (AvgIpc) is 2.89. The summed E-state index contributed by atoms with van der Waals surface area (Å²) < 4.78 is 1.42. The summed E-state index contributed by atoms with van der Waals surface area (Å²) in [7, 11) is 1.65. The number of benzene rings is 1. The normalized spacial score (nSPS) is 14.9. The fourth-order valence-electron chi connectivity index (χ4n) is 4.46. The molecule has 8 nitrogen and oxygen atoms in total. The zero-order valence-electron chi connectivity index (χ0n) is 20.5. The fourth-order valence-corrected chi connectivity index (χ4v) is 4.97. The Morgan fingerprint density at radius 2 is 1.94 bits per heavy atom. The van der Waals surface area contributed by atoms with Crippen LogP contribution in [-0.2, 0) is 18.4 Å². The molecular weight excluding hydrogens is 496 g/mol. The van der Waals surface area contributed by atoms with Crippen molar-refractivity contribution in [3.63, 3.8) is 0 Å². The first-order valence-corrected chi connectivity index (χ1v) is 13.8. The summed E-state index contributed by atoms with van der Waals surface area (Å²) in [6, 6.07) is 8.84. The second-order valence-corrected chi connectivity index (χ2v) is 10.4. The van der Waals surface area contributed by atoms with Crippen LogP contribution in [0.1, 0.15) is 44.1 Å². The van der Waals surface area contributed by atoms with Crippen LogP contribution in [0.4, 0.5) is 5.82 Å². The first-order valence-electron chi connectivity index (χ1n) is 12.2. The number of anilines is 1. The van der Waals surface area contributed by atoms with Crippen LogP contribution in [0, 0.1) is 5.92 Å². The topological polar surface area (TPSA) is 102 Å². The number of aromatic nitrogens is 4. The van der Waals surface area contributed by atoms with Gasteiger partial charge in [-0.1, -0.05) is 67.6 Å². The molecule has 4 rings (SSSR count). The van der Waals surface area contributed by atoms with Crippen LogP contribution in [0.3, 0.4) is 0 Å². The quantitative estimate of drug-likeness (QED) is 0.308. The Kier molecular flexibility index (Phi) is 8.98. The molecule has 0 unspecified atom stereocenters. The van der Waals surface area contributed by atoms with E-state index in [0.717, 1.165) is 24.8 Å². The van der Waals surface area contributed by atoms with Crippen molar-refractivity contribution in [1.82, 2.24) is 24.8 Å². The summed E-state index contributed by atoms with van der Waals surface area (Å²) in [5.41, 5.74) is 1.99. The van der Waals surface area contributed by atoms with Crippen molar-refractivity contribution in [2.45, 2.75) is 56.3 Å². The first-order chi connectivity index (χ1) is 17.4. The molecule has 0 bridgehead atoms. The SMILES string of the molecule is CSc1nc(N[C@H](CC2CCCCC2)C(=O)NCc2ccc(Cl)cc2)cc(-c2cnc(=O)n(C)c2)n1. The zero-order valence-corrected chi connectivity index (χ0v) is 22.1. The second kappa shape index (κ2) is 12.4. The van der Waals surface area contributed by atoms with Gasteiger partial charge in [0, 0.05) is 42.6 Å². The third-order valence-electron chi connectivity index (χ3n) is 6.44. The average molecular weight is 527 g/mol. The first kappa shape index (κ1) is 26.2. The van der Waals surface area contributed by atoms with Gasteiger partial charge in [-0.05, 0) is 36.3 Å². The van der Waals surface area contributed by atoms with E-state index in [0.29, 0.717) is 39.7 Å². The van der Waals surface area contributed by atoms with Crippen molar-refractivity contribution in [3.05, 3.63) is 63.8 Å². The molecule has 0 spiro atoms. The highest BCUT2D eigenvalue weighted by Gasteiger charge is 2.25. The van der Waals surface area contributed by atoms with Gasteiger partial charge in [-0.15, -0.1) is 0 Å². The number of aryl methyl sites for hydroxylation is 1. The molecule has 2 heterocycles. The number of hydrogen-bond acceptors (Lipinski definition) is 7. The summed E-state index contributed by atoms with van der Waals surface area (Å²) in [4.78, 5) is 38.2. The van der Waals surface area contributed by atoms with Gasteiger partial charge in [0.1, 0.15) is 11.9 Å². The largest absolute Gasteiger partial charge is 0.358 e. The van der Waals surface area contributed by atoms with Crippen LogP contribution in [0.5, 0.6) is 0 Å². The van der Waals surface area contributed by atoms with Crippen molar-refractivity contribution >= 4 is 35.1 Å². The molecule has 1 atom stereocenters. The van der Waals surface area contributed by atoms with Crippen LogP contribution in [-0.4, -0.2) is 37.7 Å². The van der Waals surface area contributed by atoms with E-state index in [2.05, 4.69) is 25.6 Å². The highest BCUT2D eigenvalue weighted by atomic mass is 35.5. The summed E-state index contributed by atoms with van der Waals surface area (Å²) in [5, 5.41) is 7.71. The van der Waals surface area contributed by atoms with E-state index in [1.165, 1.54) is 41.8 Å². The lowest BCUT2D eigenvalue weighted by Gasteiger charge is -2.27. The Labute approximate surface area is 220 Å². The maximum atomic E-state index is 13.4. The Hall–Kier alpha value is -2.91. The van der Waals surface area contributed by atoms with Gasteiger partial charge in [0.25, 0.3) is 0 Å². The minimum atomic E-state index is -0.434. The van der Waals surface area contributed by atoms with Crippen molar-refractivity contribution in [2.75, 3.05) is 11.6 Å². The number of carbonyl (C=O) groups excluding carboxylic acids is 1.